The predicted molar refractivity (Wildman–Crippen MR) is 154 cm³/mol. The van der Waals surface area contributed by atoms with Gasteiger partial charge in [-0.25, -0.2) is 0 Å². The van der Waals surface area contributed by atoms with Crippen LogP contribution >= 0.6 is 12.4 Å². The molecular weight excluding hydrogens is 498 g/mol. The number of benzene rings is 3. The lowest BCUT2D eigenvalue weighted by Gasteiger charge is -2.43. The van der Waals surface area contributed by atoms with Crippen molar-refractivity contribution in [3.8, 4) is 0 Å². The predicted octanol–water partition coefficient (Wildman–Crippen LogP) is 5.64. The summed E-state index contributed by atoms with van der Waals surface area (Å²) in [5.41, 5.74) is 1.94. The Kier molecular flexibility index (Phi) is 9.29. The van der Waals surface area contributed by atoms with E-state index in [1.54, 1.807) is 0 Å². The van der Waals surface area contributed by atoms with Crippen LogP contribution in [0.1, 0.15) is 44.6 Å². The van der Waals surface area contributed by atoms with Crippen LogP contribution in [0.2, 0.25) is 0 Å². The summed E-state index contributed by atoms with van der Waals surface area (Å²) < 4.78 is 5.04. The van der Waals surface area contributed by atoms with Crippen LogP contribution in [-0.4, -0.2) is 60.1 Å². The van der Waals surface area contributed by atoms with Crippen molar-refractivity contribution in [2.24, 2.45) is 0 Å². The van der Waals surface area contributed by atoms with Crippen molar-refractivity contribution < 1.29 is 14.3 Å². The second-order valence-electron chi connectivity index (χ2n) is 10.2. The standard InChI is InChI=1S/C31H37N3O3.ClH/c1-2-37-29(35)17-8-9-20-33-24-34(27-14-4-3-5-15-27)31(30(33)36)18-21-32(22-19-31)23-26-13-10-12-25-11-6-7-16-28(25)26;/h3-7,10-16H,2,8-9,17-24H2,1H3;1H. The summed E-state index contributed by atoms with van der Waals surface area (Å²) in [5, 5.41) is 2.58. The lowest BCUT2D eigenvalue weighted by atomic mass is 9.85. The number of fused-ring (bicyclic) bond motifs is 1. The molecule has 0 atom stereocenters. The number of likely N-dealkylation sites (tertiary alicyclic amines) is 1. The van der Waals surface area contributed by atoms with Gasteiger partial charge in [0.15, 0.2) is 0 Å². The van der Waals surface area contributed by atoms with Crippen molar-refractivity contribution in [3.63, 3.8) is 0 Å². The number of para-hydroxylation sites is 1. The van der Waals surface area contributed by atoms with Gasteiger partial charge in [-0.15, -0.1) is 12.4 Å². The minimum absolute atomic E-state index is 0. The maximum absolute atomic E-state index is 13.9. The summed E-state index contributed by atoms with van der Waals surface area (Å²) in [6.07, 6.45) is 3.57. The zero-order valence-corrected chi connectivity index (χ0v) is 23.0. The Morgan fingerprint density at radius 2 is 1.63 bits per heavy atom. The van der Waals surface area contributed by atoms with Crippen LogP contribution in [0.4, 0.5) is 5.69 Å². The van der Waals surface area contributed by atoms with E-state index in [0.29, 0.717) is 26.2 Å². The molecule has 0 unspecified atom stereocenters. The molecule has 0 saturated carbocycles. The fraction of sp³-hybridized carbons (Fsp3) is 0.419. The normalized spacial score (nSPS) is 17.1. The van der Waals surface area contributed by atoms with E-state index < -0.39 is 5.54 Å². The van der Waals surface area contributed by atoms with Gasteiger partial charge in [0.25, 0.3) is 0 Å². The lowest BCUT2D eigenvalue weighted by Crippen LogP contribution is -2.56. The third-order valence-electron chi connectivity index (χ3n) is 7.90. The van der Waals surface area contributed by atoms with Crippen LogP contribution < -0.4 is 4.90 Å². The average molecular weight is 536 g/mol. The van der Waals surface area contributed by atoms with Crippen molar-refractivity contribution in [2.75, 3.05) is 37.8 Å². The fourth-order valence-electron chi connectivity index (χ4n) is 5.93. The first-order chi connectivity index (χ1) is 18.1. The van der Waals surface area contributed by atoms with Gasteiger partial charge in [0.05, 0.1) is 13.3 Å². The molecule has 2 saturated heterocycles. The van der Waals surface area contributed by atoms with Crippen LogP contribution in [0.5, 0.6) is 0 Å². The molecular formula is C31H38ClN3O3. The minimum Gasteiger partial charge on any atom is -0.466 e. The second kappa shape index (κ2) is 12.6. The summed E-state index contributed by atoms with van der Waals surface area (Å²) in [6, 6.07) is 25.4. The third kappa shape index (κ3) is 5.82. The van der Waals surface area contributed by atoms with Crippen LogP contribution in [0.25, 0.3) is 10.8 Å². The van der Waals surface area contributed by atoms with E-state index in [2.05, 4.69) is 64.4 Å². The molecule has 1 amide bonds. The summed E-state index contributed by atoms with van der Waals surface area (Å²) >= 11 is 0. The average Bonchev–Trinajstić information content (AvgIpc) is 3.19. The number of unbranched alkanes of at least 4 members (excludes halogenated alkanes) is 1. The van der Waals surface area contributed by atoms with Gasteiger partial charge >= 0.3 is 5.97 Å². The topological polar surface area (TPSA) is 53.1 Å². The highest BCUT2D eigenvalue weighted by Crippen LogP contribution is 2.40. The van der Waals surface area contributed by atoms with Crippen molar-refractivity contribution in [1.82, 2.24) is 9.80 Å². The first kappa shape index (κ1) is 27.9. The molecule has 1 spiro atoms. The lowest BCUT2D eigenvalue weighted by molar-refractivity contribution is -0.143. The molecule has 6 nitrogen and oxygen atoms in total. The van der Waals surface area contributed by atoms with E-state index in [9.17, 15) is 9.59 Å². The van der Waals surface area contributed by atoms with Crippen molar-refractivity contribution in [1.29, 1.82) is 0 Å². The Balaban J connectivity index is 0.00000336. The summed E-state index contributed by atoms with van der Waals surface area (Å²) in [6.45, 7) is 6.18. The highest BCUT2D eigenvalue weighted by Gasteiger charge is 2.53. The Labute approximate surface area is 232 Å². The molecule has 3 aromatic rings. The Morgan fingerprint density at radius 3 is 2.39 bits per heavy atom. The monoisotopic (exact) mass is 535 g/mol. The Morgan fingerprint density at radius 1 is 0.921 bits per heavy atom. The molecule has 0 N–H and O–H groups in total. The van der Waals surface area contributed by atoms with E-state index in [-0.39, 0.29) is 24.3 Å². The number of nitrogens with zero attached hydrogens (tertiary/aromatic N) is 3. The van der Waals surface area contributed by atoms with Crippen molar-refractivity contribution >= 4 is 40.7 Å². The molecule has 202 valence electrons. The summed E-state index contributed by atoms with van der Waals surface area (Å²) in [5.74, 6) is 0.0773. The van der Waals surface area contributed by atoms with Crippen LogP contribution in [0.3, 0.4) is 0 Å². The molecule has 2 aliphatic heterocycles. The van der Waals surface area contributed by atoms with Crippen LogP contribution in [0, 0.1) is 0 Å². The van der Waals surface area contributed by atoms with Crippen molar-refractivity contribution in [2.45, 2.75) is 51.1 Å². The first-order valence-corrected chi connectivity index (χ1v) is 13.6. The molecule has 0 radical (unpaired) electrons. The van der Waals surface area contributed by atoms with E-state index in [1.165, 1.54) is 16.3 Å². The van der Waals surface area contributed by atoms with E-state index in [1.807, 2.05) is 30.0 Å². The summed E-state index contributed by atoms with van der Waals surface area (Å²) in [4.78, 5) is 32.4. The Bertz CT molecular complexity index is 1220. The highest BCUT2D eigenvalue weighted by atomic mass is 35.5. The number of carbonyl (C=O) groups is 2. The molecule has 2 heterocycles. The zero-order valence-electron chi connectivity index (χ0n) is 22.2. The van der Waals surface area contributed by atoms with E-state index in [4.69, 9.17) is 4.74 Å². The number of carbonyl (C=O) groups excluding carboxylic acids is 2. The number of ether oxygens (including phenoxy) is 1. The quantitative estimate of drug-likeness (QED) is 0.262. The number of amides is 1. The largest absolute Gasteiger partial charge is 0.466 e. The number of esters is 1. The van der Waals surface area contributed by atoms with Gasteiger partial charge < -0.3 is 14.5 Å². The molecule has 0 aliphatic carbocycles. The van der Waals surface area contributed by atoms with E-state index in [0.717, 1.165) is 51.0 Å². The number of rotatable bonds is 9. The maximum atomic E-state index is 13.9. The zero-order chi connectivity index (χ0) is 25.7. The SMILES string of the molecule is CCOC(=O)CCCCN1CN(c2ccccc2)C2(CCN(Cc3cccc4ccccc34)CC2)C1=O.Cl. The van der Waals surface area contributed by atoms with Gasteiger partial charge in [-0.1, -0.05) is 60.7 Å². The van der Waals surface area contributed by atoms with Gasteiger partial charge in [-0.05, 0) is 61.1 Å². The molecule has 0 bridgehead atoms. The fourth-order valence-corrected chi connectivity index (χ4v) is 5.93. The van der Waals surface area contributed by atoms with E-state index >= 15 is 0 Å². The van der Waals surface area contributed by atoms with Gasteiger partial charge in [0.2, 0.25) is 5.91 Å². The number of halogens is 1. The minimum atomic E-state index is -0.502. The molecule has 7 heteroatoms. The van der Waals surface area contributed by atoms with Gasteiger partial charge in [0, 0.05) is 38.3 Å². The third-order valence-corrected chi connectivity index (χ3v) is 7.90. The molecule has 2 aliphatic rings. The molecule has 5 rings (SSSR count). The number of hydrogen-bond acceptors (Lipinski definition) is 5. The van der Waals surface area contributed by atoms with Crippen molar-refractivity contribution in [3.05, 3.63) is 78.4 Å². The van der Waals surface area contributed by atoms with Crippen LogP contribution in [0.15, 0.2) is 72.8 Å². The second-order valence-corrected chi connectivity index (χ2v) is 10.2. The van der Waals surface area contributed by atoms with Gasteiger partial charge in [-0.2, -0.15) is 0 Å². The maximum Gasteiger partial charge on any atom is 0.305 e. The van der Waals surface area contributed by atoms with Gasteiger partial charge in [-0.3, -0.25) is 14.5 Å². The van der Waals surface area contributed by atoms with Crippen LogP contribution in [-0.2, 0) is 20.9 Å². The summed E-state index contributed by atoms with van der Waals surface area (Å²) in [7, 11) is 0. The smallest absolute Gasteiger partial charge is 0.305 e. The molecule has 0 aromatic heterocycles. The number of piperidine rings is 1. The highest BCUT2D eigenvalue weighted by molar-refractivity contribution is 5.93. The van der Waals surface area contributed by atoms with Gasteiger partial charge in [0.1, 0.15) is 5.54 Å². The molecule has 3 aromatic carbocycles. The molecule has 38 heavy (non-hydrogen) atoms. The number of hydrogen-bond donors (Lipinski definition) is 0. The number of anilines is 1. The molecule has 2 fully saturated rings. The first-order valence-electron chi connectivity index (χ1n) is 13.6. The Hall–Kier alpha value is -3.09.